The highest BCUT2D eigenvalue weighted by molar-refractivity contribution is 5.67. The Morgan fingerprint density at radius 2 is 1.58 bits per heavy atom. The van der Waals surface area contributed by atoms with Crippen LogP contribution < -0.4 is 0 Å². The normalized spacial score (nSPS) is 14.2. The molecule has 0 aromatic rings. The van der Waals surface area contributed by atoms with Gasteiger partial charge in [-0.2, -0.15) is 0 Å². The molecule has 0 aliphatic heterocycles. The first-order chi connectivity index (χ1) is 11.6. The summed E-state index contributed by atoms with van der Waals surface area (Å²) in [6.07, 6.45) is 22.1. The smallest absolute Gasteiger partial charge is 0.305 e. The van der Waals surface area contributed by atoms with E-state index in [1.165, 1.54) is 44.1 Å². The van der Waals surface area contributed by atoms with Crippen LogP contribution in [0.25, 0.3) is 0 Å². The van der Waals surface area contributed by atoms with Gasteiger partial charge >= 0.3 is 5.97 Å². The first-order valence-corrected chi connectivity index (χ1v) is 9.06. The maximum atomic E-state index is 10.4. The standard InChI is InChI=1S/C21H34O3/c1-3-19(2)16-14-12-10-8-6-4-5-7-9-11-13-15-17-20(22)18-21(23)24/h3,5,7,9,11,13,15,20,22H,4,6,8,10,12,14,16-18H2,1-2H3,(H,23,24)/b7-5-,11-9+,15-13-,19-3-/t20-/m1/s1. The molecule has 0 rings (SSSR count). The highest BCUT2D eigenvalue weighted by Gasteiger charge is 2.06. The zero-order valence-corrected chi connectivity index (χ0v) is 15.3. The molecule has 0 aromatic heterocycles. The van der Waals surface area contributed by atoms with E-state index in [1.54, 1.807) is 6.08 Å². The average Bonchev–Trinajstić information content (AvgIpc) is 2.54. The lowest BCUT2D eigenvalue weighted by molar-refractivity contribution is -0.139. The van der Waals surface area contributed by atoms with Crippen molar-refractivity contribution in [3.8, 4) is 0 Å². The molecule has 0 aliphatic carbocycles. The zero-order chi connectivity index (χ0) is 18.0. The third-order valence-electron chi connectivity index (χ3n) is 3.86. The lowest BCUT2D eigenvalue weighted by Gasteiger charge is -2.01. The van der Waals surface area contributed by atoms with Crippen LogP contribution in [-0.2, 0) is 4.79 Å². The highest BCUT2D eigenvalue weighted by Crippen LogP contribution is 2.11. The minimum absolute atomic E-state index is 0.205. The zero-order valence-electron chi connectivity index (χ0n) is 15.3. The van der Waals surface area contributed by atoms with Gasteiger partial charge in [0.2, 0.25) is 0 Å². The van der Waals surface area contributed by atoms with Gasteiger partial charge in [0.1, 0.15) is 0 Å². The maximum absolute atomic E-state index is 10.4. The topological polar surface area (TPSA) is 57.5 Å². The fraction of sp³-hybridized carbons (Fsp3) is 0.571. The Morgan fingerprint density at radius 3 is 2.25 bits per heavy atom. The highest BCUT2D eigenvalue weighted by atomic mass is 16.4. The van der Waals surface area contributed by atoms with Crippen molar-refractivity contribution in [2.45, 2.75) is 77.7 Å². The fourth-order valence-electron chi connectivity index (χ4n) is 2.24. The number of aliphatic hydroxyl groups is 1. The van der Waals surface area contributed by atoms with E-state index in [4.69, 9.17) is 5.11 Å². The number of aliphatic carboxylic acids is 1. The van der Waals surface area contributed by atoms with Crippen LogP contribution >= 0.6 is 0 Å². The van der Waals surface area contributed by atoms with E-state index in [0.29, 0.717) is 6.42 Å². The summed E-state index contributed by atoms with van der Waals surface area (Å²) in [5.41, 5.74) is 1.50. The van der Waals surface area contributed by atoms with Crippen LogP contribution in [0.5, 0.6) is 0 Å². The van der Waals surface area contributed by atoms with Gasteiger partial charge in [-0.1, -0.05) is 67.4 Å². The first kappa shape index (κ1) is 22.4. The SMILES string of the molecule is C/C=C(/C)CCCCCCC\C=C/C=C/C=C\C[C@@H](O)CC(=O)O. The van der Waals surface area contributed by atoms with Gasteiger partial charge in [-0.25, -0.2) is 0 Å². The van der Waals surface area contributed by atoms with Crippen molar-refractivity contribution in [2.75, 3.05) is 0 Å². The molecule has 0 amide bonds. The second-order valence-electron chi connectivity index (χ2n) is 6.17. The molecule has 0 radical (unpaired) electrons. The Labute approximate surface area is 147 Å². The molecule has 2 N–H and O–H groups in total. The number of hydrogen-bond acceptors (Lipinski definition) is 2. The number of rotatable bonds is 14. The number of hydrogen-bond donors (Lipinski definition) is 2. The number of aliphatic hydroxyl groups excluding tert-OH is 1. The van der Waals surface area contributed by atoms with Crippen molar-refractivity contribution in [1.82, 2.24) is 0 Å². The number of carboxylic acid groups (broad SMARTS) is 1. The Balaban J connectivity index is 3.50. The van der Waals surface area contributed by atoms with E-state index in [2.05, 4.69) is 26.0 Å². The lowest BCUT2D eigenvalue weighted by atomic mass is 10.1. The summed E-state index contributed by atoms with van der Waals surface area (Å²) in [5, 5.41) is 17.9. The molecule has 0 saturated carbocycles. The molecule has 136 valence electrons. The van der Waals surface area contributed by atoms with E-state index in [9.17, 15) is 9.90 Å². The minimum atomic E-state index is -0.970. The van der Waals surface area contributed by atoms with Crippen molar-refractivity contribution in [2.24, 2.45) is 0 Å². The molecule has 0 saturated heterocycles. The molecule has 1 atom stereocenters. The molecule has 3 heteroatoms. The molecule has 0 aliphatic rings. The summed E-state index contributed by atoms with van der Waals surface area (Å²) in [4.78, 5) is 10.4. The van der Waals surface area contributed by atoms with Crippen molar-refractivity contribution < 1.29 is 15.0 Å². The molecule has 0 fully saturated rings. The molecule has 24 heavy (non-hydrogen) atoms. The van der Waals surface area contributed by atoms with Crippen LogP contribution in [0, 0.1) is 0 Å². The molecular weight excluding hydrogens is 300 g/mol. The van der Waals surface area contributed by atoms with Crippen molar-refractivity contribution in [3.63, 3.8) is 0 Å². The number of carboxylic acids is 1. The Hall–Kier alpha value is -1.61. The third-order valence-corrected chi connectivity index (χ3v) is 3.86. The van der Waals surface area contributed by atoms with Gasteiger partial charge in [-0.3, -0.25) is 4.79 Å². The van der Waals surface area contributed by atoms with Gasteiger partial charge in [0, 0.05) is 0 Å². The van der Waals surface area contributed by atoms with Gasteiger partial charge in [0.05, 0.1) is 12.5 Å². The summed E-state index contributed by atoms with van der Waals surface area (Å²) >= 11 is 0. The van der Waals surface area contributed by atoms with Crippen LogP contribution in [0.2, 0.25) is 0 Å². The summed E-state index contributed by atoms with van der Waals surface area (Å²) < 4.78 is 0. The summed E-state index contributed by atoms with van der Waals surface area (Å²) in [6, 6.07) is 0. The molecule has 0 heterocycles. The lowest BCUT2D eigenvalue weighted by Crippen LogP contribution is -2.11. The van der Waals surface area contributed by atoms with E-state index >= 15 is 0 Å². The van der Waals surface area contributed by atoms with Crippen LogP contribution in [0.4, 0.5) is 0 Å². The van der Waals surface area contributed by atoms with E-state index < -0.39 is 12.1 Å². The first-order valence-electron chi connectivity index (χ1n) is 9.06. The number of unbranched alkanes of at least 4 members (excludes halogenated alkanes) is 5. The quantitative estimate of drug-likeness (QED) is 0.248. The fourth-order valence-corrected chi connectivity index (χ4v) is 2.24. The Bertz CT molecular complexity index is 430. The van der Waals surface area contributed by atoms with Gasteiger partial charge in [0.25, 0.3) is 0 Å². The van der Waals surface area contributed by atoms with Gasteiger partial charge < -0.3 is 10.2 Å². The van der Waals surface area contributed by atoms with E-state index in [0.717, 1.165) is 6.42 Å². The van der Waals surface area contributed by atoms with Crippen molar-refractivity contribution in [3.05, 3.63) is 48.1 Å². The second-order valence-corrected chi connectivity index (χ2v) is 6.17. The molecule has 3 nitrogen and oxygen atoms in total. The van der Waals surface area contributed by atoms with E-state index in [-0.39, 0.29) is 6.42 Å². The molecule has 0 unspecified atom stereocenters. The van der Waals surface area contributed by atoms with E-state index in [1.807, 2.05) is 24.3 Å². The minimum Gasteiger partial charge on any atom is -0.481 e. The van der Waals surface area contributed by atoms with Crippen molar-refractivity contribution in [1.29, 1.82) is 0 Å². The molecule has 0 bridgehead atoms. The summed E-state index contributed by atoms with van der Waals surface area (Å²) in [5.74, 6) is -0.970. The molecule has 0 aromatic carbocycles. The summed E-state index contributed by atoms with van der Waals surface area (Å²) in [7, 11) is 0. The van der Waals surface area contributed by atoms with Gasteiger partial charge in [-0.05, 0) is 46.0 Å². The predicted octanol–water partition coefficient (Wildman–Crippen LogP) is 5.58. The van der Waals surface area contributed by atoms with Crippen LogP contribution in [0.3, 0.4) is 0 Å². The molecular formula is C21H34O3. The second kappa shape index (κ2) is 16.3. The largest absolute Gasteiger partial charge is 0.481 e. The monoisotopic (exact) mass is 334 g/mol. The van der Waals surface area contributed by atoms with Crippen LogP contribution in [-0.4, -0.2) is 22.3 Å². The van der Waals surface area contributed by atoms with Gasteiger partial charge in [0.15, 0.2) is 0 Å². The Kier molecular flexibility index (Phi) is 15.2. The maximum Gasteiger partial charge on any atom is 0.305 e. The predicted molar refractivity (Wildman–Crippen MR) is 102 cm³/mol. The van der Waals surface area contributed by atoms with Gasteiger partial charge in [-0.15, -0.1) is 0 Å². The summed E-state index contributed by atoms with van der Waals surface area (Å²) in [6.45, 7) is 4.31. The van der Waals surface area contributed by atoms with Crippen LogP contribution in [0.15, 0.2) is 48.1 Å². The number of carbonyl (C=O) groups is 1. The average molecular weight is 335 g/mol. The molecule has 0 spiro atoms. The van der Waals surface area contributed by atoms with Crippen LogP contribution in [0.1, 0.15) is 71.6 Å². The Morgan fingerprint density at radius 1 is 0.958 bits per heavy atom. The number of allylic oxidation sites excluding steroid dienone is 7. The third kappa shape index (κ3) is 16.8. The van der Waals surface area contributed by atoms with Crippen molar-refractivity contribution >= 4 is 5.97 Å².